The molecule has 1 N–H and O–H groups in total. The van der Waals surface area contributed by atoms with Gasteiger partial charge in [-0.25, -0.2) is 4.79 Å². The fraction of sp³-hybridized carbons (Fsp3) is 0.286. The summed E-state index contributed by atoms with van der Waals surface area (Å²) in [5.41, 5.74) is 1.84. The van der Waals surface area contributed by atoms with Crippen molar-refractivity contribution in [1.82, 2.24) is 4.98 Å². The van der Waals surface area contributed by atoms with Crippen LogP contribution >= 0.6 is 15.9 Å². The molecule has 0 amide bonds. The van der Waals surface area contributed by atoms with Crippen molar-refractivity contribution in [3.05, 3.63) is 34.9 Å². The number of carboxylic acids is 1. The minimum atomic E-state index is -0.750. The molecule has 2 heterocycles. The van der Waals surface area contributed by atoms with Gasteiger partial charge >= 0.3 is 5.97 Å². The summed E-state index contributed by atoms with van der Waals surface area (Å²) in [5, 5.41) is 10.3. The van der Waals surface area contributed by atoms with Crippen LogP contribution in [0.4, 0.5) is 5.69 Å². The zero-order valence-corrected chi connectivity index (χ0v) is 11.8. The van der Waals surface area contributed by atoms with Gasteiger partial charge in [0.05, 0.1) is 5.52 Å². The lowest BCUT2D eigenvalue weighted by molar-refractivity contribution is -0.138. The molecule has 2 aromatic rings. The molecule has 1 unspecified atom stereocenters. The van der Waals surface area contributed by atoms with Gasteiger partial charge in [0.15, 0.2) is 0 Å². The largest absolute Gasteiger partial charge is 0.480 e. The number of hydrogen-bond donors (Lipinski definition) is 1. The summed E-state index contributed by atoms with van der Waals surface area (Å²) in [6.07, 6.45) is 3.36. The standard InChI is InChI=1S/C14H13BrN2O2/c15-9-3-4-10-11(8-9)16-6-5-12(10)17-7-1-2-13(17)14(18)19/h3-6,8,13H,1-2,7H2,(H,18,19). The lowest BCUT2D eigenvalue weighted by Crippen LogP contribution is -2.36. The number of rotatable bonds is 2. The number of nitrogens with zero attached hydrogens (tertiary/aromatic N) is 2. The third-order valence-electron chi connectivity index (χ3n) is 3.53. The maximum Gasteiger partial charge on any atom is 0.326 e. The van der Waals surface area contributed by atoms with Gasteiger partial charge in [0.1, 0.15) is 6.04 Å². The number of benzene rings is 1. The second kappa shape index (κ2) is 4.81. The molecular weight excluding hydrogens is 308 g/mol. The number of anilines is 1. The fourth-order valence-corrected chi connectivity index (χ4v) is 3.02. The molecule has 98 valence electrons. The van der Waals surface area contributed by atoms with E-state index in [-0.39, 0.29) is 0 Å². The Balaban J connectivity index is 2.12. The molecule has 19 heavy (non-hydrogen) atoms. The minimum absolute atomic E-state index is 0.422. The minimum Gasteiger partial charge on any atom is -0.480 e. The van der Waals surface area contributed by atoms with Gasteiger partial charge < -0.3 is 10.0 Å². The van der Waals surface area contributed by atoms with E-state index in [0.717, 1.165) is 34.0 Å². The topological polar surface area (TPSA) is 53.4 Å². The number of carbonyl (C=O) groups is 1. The van der Waals surface area contributed by atoms with Gasteiger partial charge in [-0.05, 0) is 37.1 Å². The molecule has 0 spiro atoms. The Kier molecular flexibility index (Phi) is 3.14. The normalized spacial score (nSPS) is 19.0. The van der Waals surface area contributed by atoms with E-state index in [1.54, 1.807) is 6.20 Å². The van der Waals surface area contributed by atoms with Gasteiger partial charge in [0.2, 0.25) is 0 Å². The third kappa shape index (κ3) is 2.18. The van der Waals surface area contributed by atoms with Crippen LogP contribution in [-0.4, -0.2) is 28.6 Å². The summed E-state index contributed by atoms with van der Waals surface area (Å²) in [6, 6.07) is 7.37. The molecule has 4 nitrogen and oxygen atoms in total. The van der Waals surface area contributed by atoms with Gasteiger partial charge in [-0.1, -0.05) is 15.9 Å². The molecule has 3 rings (SSSR count). The number of halogens is 1. The highest BCUT2D eigenvalue weighted by Gasteiger charge is 2.31. The number of fused-ring (bicyclic) bond motifs is 1. The summed E-state index contributed by atoms with van der Waals surface area (Å²) in [5.74, 6) is -0.750. The number of carboxylic acid groups (broad SMARTS) is 1. The molecule has 1 aliphatic rings. The molecule has 0 saturated carbocycles. The number of aromatic nitrogens is 1. The molecule has 1 aromatic carbocycles. The first-order chi connectivity index (χ1) is 9.16. The van der Waals surface area contributed by atoms with E-state index in [1.165, 1.54) is 0 Å². The summed E-state index contributed by atoms with van der Waals surface area (Å²) in [7, 11) is 0. The summed E-state index contributed by atoms with van der Waals surface area (Å²) in [6.45, 7) is 0.784. The quantitative estimate of drug-likeness (QED) is 0.924. The van der Waals surface area contributed by atoms with Gasteiger partial charge in [0, 0.05) is 28.3 Å². The molecule has 1 aromatic heterocycles. The van der Waals surface area contributed by atoms with Crippen LogP contribution in [0.15, 0.2) is 34.9 Å². The Morgan fingerprint density at radius 3 is 3.05 bits per heavy atom. The van der Waals surface area contributed by atoms with Crippen molar-refractivity contribution in [2.45, 2.75) is 18.9 Å². The Bertz CT molecular complexity index is 644. The molecular formula is C14H13BrN2O2. The summed E-state index contributed by atoms with van der Waals surface area (Å²) < 4.78 is 0.973. The molecule has 1 atom stereocenters. The van der Waals surface area contributed by atoms with Crippen LogP contribution in [0.1, 0.15) is 12.8 Å². The summed E-state index contributed by atoms with van der Waals surface area (Å²) in [4.78, 5) is 17.6. The molecule has 5 heteroatoms. The van der Waals surface area contributed by atoms with Crippen molar-refractivity contribution in [3.63, 3.8) is 0 Å². The first-order valence-corrected chi connectivity index (χ1v) is 7.00. The van der Waals surface area contributed by atoms with E-state index in [4.69, 9.17) is 0 Å². The molecule has 1 saturated heterocycles. The van der Waals surface area contributed by atoms with E-state index in [9.17, 15) is 9.90 Å². The van der Waals surface area contributed by atoms with E-state index in [2.05, 4.69) is 20.9 Å². The smallest absolute Gasteiger partial charge is 0.326 e. The first kappa shape index (κ1) is 12.4. The van der Waals surface area contributed by atoms with Crippen LogP contribution in [0.2, 0.25) is 0 Å². The molecule has 0 aliphatic carbocycles. The highest BCUT2D eigenvalue weighted by atomic mass is 79.9. The Morgan fingerprint density at radius 2 is 2.26 bits per heavy atom. The van der Waals surface area contributed by atoms with Crippen LogP contribution in [0.5, 0.6) is 0 Å². The molecule has 0 radical (unpaired) electrons. The van der Waals surface area contributed by atoms with Crippen molar-refractivity contribution in [3.8, 4) is 0 Å². The molecule has 1 aliphatic heterocycles. The Labute approximate surface area is 119 Å². The average Bonchev–Trinajstić information content (AvgIpc) is 2.86. The third-order valence-corrected chi connectivity index (χ3v) is 4.02. The van der Waals surface area contributed by atoms with Crippen LogP contribution in [-0.2, 0) is 4.79 Å². The predicted molar refractivity (Wildman–Crippen MR) is 77.4 cm³/mol. The second-order valence-electron chi connectivity index (χ2n) is 4.68. The molecule has 0 bridgehead atoms. The Hall–Kier alpha value is -1.62. The van der Waals surface area contributed by atoms with Crippen LogP contribution in [0.25, 0.3) is 10.9 Å². The number of aliphatic carboxylic acids is 1. The maximum absolute atomic E-state index is 11.3. The highest BCUT2D eigenvalue weighted by molar-refractivity contribution is 9.10. The van der Waals surface area contributed by atoms with Crippen molar-refractivity contribution in [2.24, 2.45) is 0 Å². The van der Waals surface area contributed by atoms with Crippen LogP contribution in [0.3, 0.4) is 0 Å². The van der Waals surface area contributed by atoms with Crippen LogP contribution in [0, 0.1) is 0 Å². The van der Waals surface area contributed by atoms with E-state index >= 15 is 0 Å². The number of pyridine rings is 1. The van der Waals surface area contributed by atoms with Crippen molar-refractivity contribution in [1.29, 1.82) is 0 Å². The monoisotopic (exact) mass is 320 g/mol. The van der Waals surface area contributed by atoms with E-state index in [0.29, 0.717) is 6.42 Å². The SMILES string of the molecule is O=C(O)C1CCCN1c1ccnc2cc(Br)ccc12. The molecule has 1 fully saturated rings. The fourth-order valence-electron chi connectivity index (χ4n) is 2.67. The van der Waals surface area contributed by atoms with Gasteiger partial charge in [-0.2, -0.15) is 0 Å². The van der Waals surface area contributed by atoms with E-state index < -0.39 is 12.0 Å². The van der Waals surface area contributed by atoms with Gasteiger partial charge in [-0.3, -0.25) is 4.98 Å². The lowest BCUT2D eigenvalue weighted by Gasteiger charge is -2.24. The van der Waals surface area contributed by atoms with Crippen LogP contribution < -0.4 is 4.90 Å². The average molecular weight is 321 g/mol. The van der Waals surface area contributed by atoms with Crippen molar-refractivity contribution in [2.75, 3.05) is 11.4 Å². The highest BCUT2D eigenvalue weighted by Crippen LogP contribution is 2.32. The number of hydrogen-bond acceptors (Lipinski definition) is 3. The van der Waals surface area contributed by atoms with Gasteiger partial charge in [-0.15, -0.1) is 0 Å². The van der Waals surface area contributed by atoms with E-state index in [1.807, 2.05) is 29.2 Å². The first-order valence-electron chi connectivity index (χ1n) is 6.20. The zero-order valence-electron chi connectivity index (χ0n) is 10.2. The zero-order chi connectivity index (χ0) is 13.4. The van der Waals surface area contributed by atoms with Crippen molar-refractivity contribution >= 4 is 38.5 Å². The maximum atomic E-state index is 11.3. The Morgan fingerprint density at radius 1 is 1.42 bits per heavy atom. The van der Waals surface area contributed by atoms with Crippen molar-refractivity contribution < 1.29 is 9.90 Å². The predicted octanol–water partition coefficient (Wildman–Crippen LogP) is 3.05. The second-order valence-corrected chi connectivity index (χ2v) is 5.60. The summed E-state index contributed by atoms with van der Waals surface area (Å²) >= 11 is 3.43. The van der Waals surface area contributed by atoms with Gasteiger partial charge in [0.25, 0.3) is 0 Å². The lowest BCUT2D eigenvalue weighted by atomic mass is 10.1.